The maximum Gasteiger partial charge on any atom is 0.240 e. The van der Waals surface area contributed by atoms with E-state index in [-0.39, 0.29) is 36.2 Å². The molecule has 3 heterocycles. The summed E-state index contributed by atoms with van der Waals surface area (Å²) >= 11 is 0. The molecule has 9 nitrogen and oxygen atoms in total. The van der Waals surface area contributed by atoms with E-state index in [0.717, 1.165) is 36.8 Å². The van der Waals surface area contributed by atoms with Crippen molar-refractivity contribution < 1.29 is 27.4 Å². The van der Waals surface area contributed by atoms with E-state index in [4.69, 9.17) is 19.2 Å². The van der Waals surface area contributed by atoms with Crippen LogP contribution in [0.4, 0.5) is 0 Å². The minimum absolute atomic E-state index is 0.0527. The first-order valence-electron chi connectivity index (χ1n) is 13.1. The molecule has 0 spiro atoms. The van der Waals surface area contributed by atoms with E-state index in [0.29, 0.717) is 36.1 Å². The summed E-state index contributed by atoms with van der Waals surface area (Å²) in [5.74, 6) is 1.97. The van der Waals surface area contributed by atoms with Crippen molar-refractivity contribution in [3.63, 3.8) is 0 Å². The Hall–Kier alpha value is -3.21. The predicted molar refractivity (Wildman–Crippen MR) is 141 cm³/mol. The number of benzene rings is 2. The molecule has 3 aliphatic heterocycles. The topological polar surface area (TPSA) is 115 Å². The number of amidine groups is 1. The normalized spacial score (nSPS) is 23.5. The maximum absolute atomic E-state index is 13.4. The smallest absolute Gasteiger partial charge is 0.240 e. The van der Waals surface area contributed by atoms with E-state index in [9.17, 15) is 13.2 Å². The van der Waals surface area contributed by atoms with Gasteiger partial charge in [0.1, 0.15) is 5.84 Å². The van der Waals surface area contributed by atoms with Gasteiger partial charge in [-0.05, 0) is 67.5 Å². The van der Waals surface area contributed by atoms with Gasteiger partial charge < -0.3 is 19.5 Å². The lowest BCUT2D eigenvalue weighted by molar-refractivity contribution is -0.122. The fourth-order valence-electron chi connectivity index (χ4n) is 5.12. The Morgan fingerprint density at radius 1 is 1.11 bits per heavy atom. The molecule has 10 heteroatoms. The number of nitrogens with zero attached hydrogens (tertiary/aromatic N) is 1. The van der Waals surface area contributed by atoms with Crippen LogP contribution in [-0.2, 0) is 25.0 Å². The molecule has 0 bridgehead atoms. The SMILES string of the molecule is CC1CC=C(c2ccc(S(=O)(=O)NCC3CCCO3)cc2)N=C1NC(=O)C1(c2ccc3c(c2)OCO3)CC1. The number of rotatable bonds is 7. The zero-order valence-corrected chi connectivity index (χ0v) is 22.1. The third-order valence-electron chi connectivity index (χ3n) is 7.71. The molecule has 1 amide bonds. The number of hydrogen-bond donors (Lipinski definition) is 2. The van der Waals surface area contributed by atoms with Crippen molar-refractivity contribution in [1.82, 2.24) is 10.0 Å². The van der Waals surface area contributed by atoms with Crippen LogP contribution < -0.4 is 19.5 Å². The van der Waals surface area contributed by atoms with Gasteiger partial charge in [-0.15, -0.1) is 0 Å². The lowest BCUT2D eigenvalue weighted by Gasteiger charge is -2.23. The highest BCUT2D eigenvalue weighted by Crippen LogP contribution is 2.50. The number of carbonyl (C=O) groups is 1. The van der Waals surface area contributed by atoms with Crippen molar-refractivity contribution >= 4 is 27.5 Å². The van der Waals surface area contributed by atoms with Crippen LogP contribution in [0.3, 0.4) is 0 Å². The van der Waals surface area contributed by atoms with Crippen molar-refractivity contribution in [3.8, 4) is 11.5 Å². The van der Waals surface area contributed by atoms with Crippen molar-refractivity contribution in [1.29, 1.82) is 0 Å². The molecule has 2 unspecified atom stereocenters. The van der Waals surface area contributed by atoms with Gasteiger partial charge in [0.25, 0.3) is 0 Å². The van der Waals surface area contributed by atoms with Crippen molar-refractivity contribution in [2.75, 3.05) is 19.9 Å². The lowest BCUT2D eigenvalue weighted by atomic mass is 9.93. The molecule has 1 saturated heterocycles. The van der Waals surface area contributed by atoms with Crippen molar-refractivity contribution in [3.05, 3.63) is 59.7 Å². The molecule has 2 atom stereocenters. The molecule has 2 aromatic rings. The summed E-state index contributed by atoms with van der Waals surface area (Å²) in [6.45, 7) is 3.17. The average Bonchev–Trinajstić information content (AvgIpc) is 3.32. The van der Waals surface area contributed by atoms with Gasteiger partial charge in [-0.1, -0.05) is 31.2 Å². The molecule has 1 saturated carbocycles. The maximum atomic E-state index is 13.4. The molecule has 0 aromatic heterocycles. The van der Waals surface area contributed by atoms with E-state index in [2.05, 4.69) is 10.0 Å². The third-order valence-corrected chi connectivity index (χ3v) is 9.15. The summed E-state index contributed by atoms with van der Waals surface area (Å²) in [5.41, 5.74) is 1.84. The van der Waals surface area contributed by atoms with E-state index in [1.165, 1.54) is 0 Å². The van der Waals surface area contributed by atoms with Crippen LogP contribution in [0.15, 0.2) is 58.4 Å². The van der Waals surface area contributed by atoms with Gasteiger partial charge in [-0.2, -0.15) is 0 Å². The van der Waals surface area contributed by atoms with Crippen LogP contribution in [0.1, 0.15) is 50.2 Å². The van der Waals surface area contributed by atoms with Crippen LogP contribution in [0.25, 0.3) is 5.70 Å². The Balaban J connectivity index is 1.15. The highest BCUT2D eigenvalue weighted by Gasteiger charge is 2.52. The molecule has 4 aliphatic rings. The number of amides is 1. The Kier molecular flexibility index (Phi) is 6.49. The molecule has 2 N–H and O–H groups in total. The van der Waals surface area contributed by atoms with Gasteiger partial charge in [0.05, 0.1) is 22.1 Å². The minimum Gasteiger partial charge on any atom is -0.454 e. The molecule has 2 fully saturated rings. The first kappa shape index (κ1) is 25.1. The number of nitrogens with one attached hydrogen (secondary N) is 2. The second kappa shape index (κ2) is 9.83. The van der Waals surface area contributed by atoms with E-state index in [1.807, 2.05) is 31.2 Å². The standard InChI is InChI=1S/C28H31N3O6S/c1-18-4-10-23(19-5-8-22(9-6-19)38(33,34)29-16-21-3-2-14-35-21)30-26(18)31-27(32)28(12-13-28)20-7-11-24-25(15-20)37-17-36-24/h5-11,15,18,21,29H,2-4,12-14,16-17H2,1H3,(H,30,31,32). The summed E-state index contributed by atoms with van der Waals surface area (Å²) in [7, 11) is -3.63. The monoisotopic (exact) mass is 537 g/mol. The summed E-state index contributed by atoms with van der Waals surface area (Å²) in [6, 6.07) is 12.4. The number of hydrogen-bond acceptors (Lipinski definition) is 7. The molecule has 200 valence electrons. The summed E-state index contributed by atoms with van der Waals surface area (Å²) in [5, 5.41) is 3.10. The Morgan fingerprint density at radius 3 is 2.63 bits per heavy atom. The number of ether oxygens (including phenoxy) is 3. The van der Waals surface area contributed by atoms with Crippen LogP contribution in [0, 0.1) is 5.92 Å². The summed E-state index contributed by atoms with van der Waals surface area (Å²) < 4.78 is 44.5. The molecule has 6 rings (SSSR count). The van der Waals surface area contributed by atoms with Gasteiger partial charge in [0, 0.05) is 19.1 Å². The van der Waals surface area contributed by atoms with Gasteiger partial charge in [0.15, 0.2) is 11.5 Å². The number of carbonyl (C=O) groups excluding carboxylic acids is 1. The van der Waals surface area contributed by atoms with Gasteiger partial charge in [0.2, 0.25) is 22.7 Å². The van der Waals surface area contributed by atoms with Gasteiger partial charge >= 0.3 is 0 Å². The zero-order valence-electron chi connectivity index (χ0n) is 21.2. The first-order chi connectivity index (χ1) is 18.3. The largest absolute Gasteiger partial charge is 0.454 e. The fraction of sp³-hybridized carbons (Fsp3) is 0.429. The van der Waals surface area contributed by atoms with E-state index in [1.54, 1.807) is 24.3 Å². The molecule has 2 aromatic carbocycles. The fourth-order valence-corrected chi connectivity index (χ4v) is 6.18. The summed E-state index contributed by atoms with van der Waals surface area (Å²) in [4.78, 5) is 18.4. The van der Waals surface area contributed by atoms with Crippen LogP contribution in [-0.4, -0.2) is 46.2 Å². The highest BCUT2D eigenvalue weighted by molar-refractivity contribution is 7.89. The molecular weight excluding hydrogens is 506 g/mol. The second-order valence-electron chi connectivity index (χ2n) is 10.3. The first-order valence-corrected chi connectivity index (χ1v) is 14.5. The minimum atomic E-state index is -3.63. The van der Waals surface area contributed by atoms with E-state index < -0.39 is 15.4 Å². The number of fused-ring (bicyclic) bond motifs is 1. The zero-order chi connectivity index (χ0) is 26.3. The second-order valence-corrected chi connectivity index (χ2v) is 12.1. The molecule has 0 radical (unpaired) electrons. The Bertz CT molecular complexity index is 1410. The Labute approximate surface area is 222 Å². The van der Waals surface area contributed by atoms with Crippen LogP contribution in [0.2, 0.25) is 0 Å². The van der Waals surface area contributed by atoms with Crippen LogP contribution >= 0.6 is 0 Å². The van der Waals surface area contributed by atoms with Gasteiger partial charge in [-0.3, -0.25) is 4.79 Å². The number of aliphatic imine (C=N–C) groups is 1. The Morgan fingerprint density at radius 2 is 1.89 bits per heavy atom. The van der Waals surface area contributed by atoms with E-state index >= 15 is 0 Å². The van der Waals surface area contributed by atoms with Crippen molar-refractivity contribution in [2.24, 2.45) is 10.9 Å². The van der Waals surface area contributed by atoms with Crippen molar-refractivity contribution in [2.45, 2.75) is 55.4 Å². The average molecular weight is 538 g/mol. The molecule has 38 heavy (non-hydrogen) atoms. The predicted octanol–water partition coefficient (Wildman–Crippen LogP) is 3.50. The molecule has 1 aliphatic carbocycles. The summed E-state index contributed by atoms with van der Waals surface area (Å²) in [6.07, 6.45) is 6.01. The van der Waals surface area contributed by atoms with Gasteiger partial charge in [-0.25, -0.2) is 18.1 Å². The quantitative estimate of drug-likeness (QED) is 0.559. The number of allylic oxidation sites excluding steroid dienone is 1. The lowest BCUT2D eigenvalue weighted by Crippen LogP contribution is -2.42. The third kappa shape index (κ3) is 4.83. The molecular formula is C28H31N3O6S. The van der Waals surface area contributed by atoms with Crippen LogP contribution in [0.5, 0.6) is 11.5 Å². The highest BCUT2D eigenvalue weighted by atomic mass is 32.2. The number of sulfonamides is 1.